The highest BCUT2D eigenvalue weighted by atomic mass is 32.2. The Morgan fingerprint density at radius 3 is 0.961 bits per heavy atom. The molecular formula is C114H237N5O7S. The number of pyridine rings is 1. The monoisotopic (exact) mass is 1820 g/mol. The Morgan fingerprint density at radius 2 is 0.764 bits per heavy atom. The van der Waals surface area contributed by atoms with E-state index in [0.29, 0.717) is 65.0 Å². The molecule has 0 radical (unpaired) electrons. The number of H-pyrrole nitrogens is 1. The van der Waals surface area contributed by atoms with Gasteiger partial charge in [-0.15, -0.1) is 0 Å². The van der Waals surface area contributed by atoms with E-state index in [2.05, 4.69) is 216 Å². The third-order valence-electron chi connectivity index (χ3n) is 21.8. The maximum Gasteiger partial charge on any atom is 0.160 e. The van der Waals surface area contributed by atoms with Crippen LogP contribution in [0.5, 0.6) is 0 Å². The molecule has 766 valence electrons. The van der Waals surface area contributed by atoms with Crippen LogP contribution in [0.3, 0.4) is 0 Å². The number of ether oxygens (including phenoxy) is 5. The lowest BCUT2D eigenvalue weighted by molar-refractivity contribution is -0.105. The van der Waals surface area contributed by atoms with Crippen molar-refractivity contribution in [1.29, 1.82) is 0 Å². The second-order valence-electron chi connectivity index (χ2n) is 34.5. The van der Waals surface area contributed by atoms with Crippen molar-refractivity contribution < 1.29 is 32.1 Å². The Labute approximate surface area is 802 Å². The van der Waals surface area contributed by atoms with Gasteiger partial charge in [-0.05, 0) is 162 Å². The van der Waals surface area contributed by atoms with Gasteiger partial charge in [0.1, 0.15) is 0 Å². The van der Waals surface area contributed by atoms with Crippen LogP contribution in [0, 0.1) is 88.8 Å². The van der Waals surface area contributed by atoms with Crippen LogP contribution < -0.4 is 5.32 Å². The van der Waals surface area contributed by atoms with Crippen molar-refractivity contribution in [2.24, 2.45) is 93.8 Å². The molecule has 13 heteroatoms. The second-order valence-corrected chi connectivity index (χ2v) is 36.7. The predicted octanol–water partition coefficient (Wildman–Crippen LogP) is 36.2. The van der Waals surface area contributed by atoms with E-state index in [0.717, 1.165) is 124 Å². The summed E-state index contributed by atoms with van der Waals surface area (Å²) >= 11 is 0. The van der Waals surface area contributed by atoms with E-state index < -0.39 is 9.84 Å². The minimum absolute atomic E-state index is 0.0648. The Kier molecular flexibility index (Phi) is 133. The molecule has 1 aromatic carbocycles. The molecule has 12 nitrogen and oxygen atoms in total. The normalized spacial score (nSPS) is 18.2. The molecule has 2 N–H and O–H groups in total. The van der Waals surface area contributed by atoms with Gasteiger partial charge in [0, 0.05) is 56.1 Å². The lowest BCUT2D eigenvalue weighted by Gasteiger charge is -2.25. The summed E-state index contributed by atoms with van der Waals surface area (Å²) in [5, 5.41) is 9.93. The summed E-state index contributed by atoms with van der Waals surface area (Å²) in [7, 11) is -2.64. The van der Waals surface area contributed by atoms with Gasteiger partial charge in [-0.3, -0.25) is 15.1 Å². The molecule has 0 amide bonds. The van der Waals surface area contributed by atoms with E-state index >= 15 is 0 Å². The number of nitrogens with one attached hydrogen (secondary N) is 2. The third-order valence-corrected chi connectivity index (χ3v) is 23.6. The molecule has 8 heterocycles. The van der Waals surface area contributed by atoms with Crippen molar-refractivity contribution in [1.82, 2.24) is 20.5 Å². The number of nitrogens with zero attached hydrogens (tertiary/aromatic N) is 3. The molecule has 3 saturated carbocycles. The van der Waals surface area contributed by atoms with E-state index in [9.17, 15) is 8.42 Å². The van der Waals surface area contributed by atoms with E-state index in [4.69, 9.17) is 23.7 Å². The van der Waals surface area contributed by atoms with Crippen molar-refractivity contribution in [2.45, 2.75) is 478 Å². The number of benzene rings is 1. The van der Waals surface area contributed by atoms with E-state index in [-0.39, 0.29) is 6.29 Å². The zero-order valence-corrected chi connectivity index (χ0v) is 96.0. The fourth-order valence-electron chi connectivity index (χ4n) is 13.4. The summed E-state index contributed by atoms with van der Waals surface area (Å²) in [6, 6.07) is 16.5. The van der Waals surface area contributed by atoms with Crippen LogP contribution in [0.1, 0.15) is 482 Å². The summed E-state index contributed by atoms with van der Waals surface area (Å²) in [4.78, 5) is 8.18. The van der Waals surface area contributed by atoms with Crippen LogP contribution in [0.4, 0.5) is 0 Å². The number of aromatic nitrogens is 3. The minimum atomic E-state index is -2.64. The van der Waals surface area contributed by atoms with E-state index in [1.54, 1.807) is 0 Å². The molecule has 0 spiro atoms. The summed E-state index contributed by atoms with van der Waals surface area (Å²) in [6.07, 6.45) is 35.4. The summed E-state index contributed by atoms with van der Waals surface area (Å²) in [5.74, 6) is 14.8. The largest absolute Gasteiger partial charge is 0.381 e. The molecular weight excluding hydrogens is 1580 g/mol. The molecule has 3 aromatic rings. The van der Waals surface area contributed by atoms with Crippen LogP contribution in [0.2, 0.25) is 0 Å². The summed E-state index contributed by atoms with van der Waals surface area (Å²) in [5.41, 5.74) is 5.30. The van der Waals surface area contributed by atoms with Gasteiger partial charge >= 0.3 is 0 Å². The van der Waals surface area contributed by atoms with Gasteiger partial charge in [0.15, 0.2) is 16.1 Å². The van der Waals surface area contributed by atoms with Gasteiger partial charge in [-0.25, -0.2) is 8.42 Å². The Morgan fingerprint density at radius 1 is 0.362 bits per heavy atom. The highest BCUT2D eigenvalue weighted by Crippen LogP contribution is 2.32. The number of hydrogen-bond acceptors (Lipinski definition) is 11. The fraction of sp³-hybridized carbons (Fsp3) is 0.851. The van der Waals surface area contributed by atoms with Crippen molar-refractivity contribution in [3.8, 4) is 0 Å². The van der Waals surface area contributed by atoms with Crippen molar-refractivity contribution in [2.75, 3.05) is 70.8 Å². The Bertz CT molecular complexity index is 2350. The molecule has 127 heavy (non-hydrogen) atoms. The van der Waals surface area contributed by atoms with Gasteiger partial charge in [-0.1, -0.05) is 459 Å². The first kappa shape index (κ1) is 149. The molecule has 0 bridgehead atoms. The lowest BCUT2D eigenvalue weighted by Crippen LogP contribution is -2.32. The molecule has 12 rings (SSSR count). The van der Waals surface area contributed by atoms with E-state index in [1.807, 2.05) is 221 Å². The SMILES string of the molecule is CC.CC.CC.CC.CC.CC.CC.CC.CC.CC.CC.CC.CC(C)C1=CN=CC1.CC(C)C1CCCC1.CC(C)C1CCCCC1.CC(C)C1CCCCC1.CC(C)C1CCNC1.CC(C)C1CCOC1.CC(C)C1CCS(=O)(=O)C1.CC(C)C1COCCO1.CC(C)C1OCCO1.CC(C)c1ccccc1.CC(C)c1ccccn1.CC(C)c1cn[nH]c1. The summed E-state index contributed by atoms with van der Waals surface area (Å²) < 4.78 is 48.1. The van der Waals surface area contributed by atoms with Crippen LogP contribution in [0.25, 0.3) is 0 Å². The Balaban J connectivity index is -0.000000111. The summed E-state index contributed by atoms with van der Waals surface area (Å²) in [6.45, 7) is 110. The van der Waals surface area contributed by atoms with E-state index in [1.165, 1.54) is 133 Å². The molecule has 5 saturated heterocycles. The minimum Gasteiger partial charge on any atom is -0.381 e. The van der Waals surface area contributed by atoms with Gasteiger partial charge in [0.2, 0.25) is 0 Å². The second kappa shape index (κ2) is 113. The quantitative estimate of drug-likeness (QED) is 0.180. The predicted molar refractivity (Wildman–Crippen MR) is 580 cm³/mol. The highest BCUT2D eigenvalue weighted by Gasteiger charge is 2.30. The molecule has 6 aliphatic heterocycles. The lowest BCUT2D eigenvalue weighted by atomic mass is 9.82. The van der Waals surface area contributed by atoms with Crippen molar-refractivity contribution >= 4 is 16.1 Å². The van der Waals surface area contributed by atoms with Crippen LogP contribution >= 0.6 is 0 Å². The first-order valence-corrected chi connectivity index (χ1v) is 55.7. The van der Waals surface area contributed by atoms with Crippen LogP contribution in [-0.2, 0) is 33.5 Å². The first-order chi connectivity index (χ1) is 60.9. The third kappa shape index (κ3) is 94.3. The van der Waals surface area contributed by atoms with Crippen molar-refractivity contribution in [3.05, 3.63) is 95.7 Å². The fourth-order valence-corrected chi connectivity index (χ4v) is 15.5. The van der Waals surface area contributed by atoms with Crippen LogP contribution in [-0.4, -0.2) is 113 Å². The molecule has 2 aromatic heterocycles. The maximum absolute atomic E-state index is 10.9. The van der Waals surface area contributed by atoms with Crippen molar-refractivity contribution in [3.63, 3.8) is 0 Å². The maximum atomic E-state index is 10.9. The average Bonchev–Trinajstić information content (AvgIpc) is 1.72. The molecule has 3 aliphatic carbocycles. The van der Waals surface area contributed by atoms with Gasteiger partial charge in [0.05, 0.1) is 56.8 Å². The van der Waals surface area contributed by atoms with Crippen LogP contribution in [0.15, 0.2) is 83.9 Å². The zero-order valence-electron chi connectivity index (χ0n) is 95.2. The zero-order chi connectivity index (χ0) is 101. The number of allylic oxidation sites excluding steroid dienone is 1. The molecule has 9 aliphatic rings. The highest BCUT2D eigenvalue weighted by molar-refractivity contribution is 7.91. The number of aliphatic imine (C=N–C) groups is 1. The molecule has 4 atom stereocenters. The molecule has 8 fully saturated rings. The number of aromatic amines is 1. The number of sulfone groups is 1. The topological polar surface area (TPSA) is 146 Å². The number of rotatable bonds is 12. The average molecular weight is 1820 g/mol. The number of hydrogen-bond donors (Lipinski definition) is 2. The molecule has 4 unspecified atom stereocenters. The smallest absolute Gasteiger partial charge is 0.160 e. The van der Waals surface area contributed by atoms with Gasteiger partial charge in [-0.2, -0.15) is 5.10 Å². The Hall–Kier alpha value is -3.30. The standard InChI is InChI=1S/2C9H18.C9H12.C8H11N.C8H16.C7H15N.C7H11N.C7H14O2S.C7H14O2.C7H14O.C6H10N2.C6H12O2.12C2H6/c3*1-8(2)9-6-4-3-5-7-9;1-7(2)8-5-3-4-6-9-8;1-7(2)8-5-3-4-6-8;2*1-6(2)7-3-4-8-5-7;1-6(2)7-3-4-10(8,9)5-7;1-6(2)7-5-8-3-4-9-7;1-6(2)7-3-4-8-5-7;1-5(2)6-3-7-8-4-6;1-5(2)6-7-3-4-8-6;12*1-2/h2*8-9H,3-7H2,1-2H3;3-8H,1-2H3;3-7H,1-2H3;7-8H,3-6H2,1-2H3;6-8H,3-5H2,1-2H3;4-6H,3H2,1-2H3;6-7H,3-5H2,1-2H3;6-7H,3-5H2,1-2H3;6-7H,3-5H2,1-2H3;3-5H,1-2H3,(H,7,8);5-6H,3-4H2,1-2H3;12*1-2H3. The first-order valence-electron chi connectivity index (χ1n) is 53.9. The van der Waals surface area contributed by atoms with Gasteiger partial charge < -0.3 is 29.0 Å². The van der Waals surface area contributed by atoms with Gasteiger partial charge in [0.25, 0.3) is 0 Å².